The number of hydrogen-bond donors (Lipinski definition) is 0. The van der Waals surface area contributed by atoms with E-state index in [2.05, 4.69) is 17.1 Å². The first kappa shape index (κ1) is 19.2. The molecule has 3 aromatic rings. The molecule has 4 rings (SSSR count). The molecule has 5 heteroatoms. The molecular formula is C24H26N2O3. The maximum absolute atomic E-state index is 12.6. The number of carbonyl (C=O) groups is 1. The average Bonchev–Trinajstić information content (AvgIpc) is 3.22. The second-order valence-corrected chi connectivity index (χ2v) is 7.61. The molecule has 1 unspecified atom stereocenters. The molecule has 0 spiro atoms. The highest BCUT2D eigenvalue weighted by atomic mass is 16.5. The summed E-state index contributed by atoms with van der Waals surface area (Å²) in [5.74, 6) is 2.45. The Labute approximate surface area is 171 Å². The van der Waals surface area contributed by atoms with Crippen molar-refractivity contribution in [3.8, 4) is 5.75 Å². The number of aryl methyl sites for hydroxylation is 1. The third-order valence-electron chi connectivity index (χ3n) is 5.30. The van der Waals surface area contributed by atoms with Crippen LogP contribution in [0.2, 0.25) is 0 Å². The van der Waals surface area contributed by atoms with E-state index in [-0.39, 0.29) is 18.4 Å². The zero-order valence-corrected chi connectivity index (χ0v) is 16.7. The van der Waals surface area contributed by atoms with Crippen molar-refractivity contribution in [2.24, 2.45) is 0 Å². The van der Waals surface area contributed by atoms with E-state index in [9.17, 15) is 4.79 Å². The molecule has 1 fully saturated rings. The number of nitrogens with zero attached hydrogens (tertiary/aromatic N) is 2. The summed E-state index contributed by atoms with van der Waals surface area (Å²) >= 11 is 0. The molecule has 150 valence electrons. The van der Waals surface area contributed by atoms with Gasteiger partial charge >= 0.3 is 0 Å². The number of amides is 1. The van der Waals surface area contributed by atoms with Crippen LogP contribution in [-0.2, 0) is 11.2 Å². The van der Waals surface area contributed by atoms with Gasteiger partial charge < -0.3 is 14.1 Å². The van der Waals surface area contributed by atoms with Crippen LogP contribution >= 0.6 is 0 Å². The number of likely N-dealkylation sites (tertiary alicyclic amines) is 1. The molecule has 2 aromatic carbocycles. The Morgan fingerprint density at radius 2 is 1.97 bits per heavy atom. The number of oxazole rings is 1. The minimum atomic E-state index is 0.00587. The van der Waals surface area contributed by atoms with E-state index in [0.29, 0.717) is 6.54 Å². The molecular weight excluding hydrogens is 364 g/mol. The van der Waals surface area contributed by atoms with Gasteiger partial charge in [-0.15, -0.1) is 0 Å². The smallest absolute Gasteiger partial charge is 0.260 e. The SMILES string of the molecule is Cc1ccc(OCC(=O)N2CCCC(c3ncc(Cc4ccccc4)o3)C2)cc1. The van der Waals surface area contributed by atoms with Crippen LogP contribution in [0, 0.1) is 6.92 Å². The first-order valence-corrected chi connectivity index (χ1v) is 10.1. The number of carbonyl (C=O) groups excluding carboxylic acids is 1. The van der Waals surface area contributed by atoms with Gasteiger partial charge in [0, 0.05) is 19.5 Å². The van der Waals surface area contributed by atoms with Gasteiger partial charge in [-0.1, -0.05) is 48.0 Å². The normalized spacial score (nSPS) is 16.6. The minimum Gasteiger partial charge on any atom is -0.484 e. The van der Waals surface area contributed by atoms with Crippen LogP contribution in [0.25, 0.3) is 0 Å². The summed E-state index contributed by atoms with van der Waals surface area (Å²) in [6.45, 7) is 3.46. The summed E-state index contributed by atoms with van der Waals surface area (Å²) in [4.78, 5) is 19.0. The van der Waals surface area contributed by atoms with Crippen LogP contribution in [-0.4, -0.2) is 35.5 Å². The standard InChI is InChI=1S/C24H26N2O3/c1-18-9-11-21(12-10-18)28-17-23(27)26-13-5-8-20(16-26)24-25-15-22(29-24)14-19-6-3-2-4-7-19/h2-4,6-7,9-12,15,20H,5,8,13-14,16-17H2,1H3. The largest absolute Gasteiger partial charge is 0.484 e. The highest BCUT2D eigenvalue weighted by molar-refractivity contribution is 5.78. The molecule has 0 aliphatic carbocycles. The van der Waals surface area contributed by atoms with Gasteiger partial charge in [-0.25, -0.2) is 4.98 Å². The lowest BCUT2D eigenvalue weighted by Crippen LogP contribution is -2.41. The predicted octanol–water partition coefficient (Wildman–Crippen LogP) is 4.36. The van der Waals surface area contributed by atoms with Crippen LogP contribution in [0.1, 0.15) is 41.5 Å². The van der Waals surface area contributed by atoms with Crippen LogP contribution in [0.5, 0.6) is 5.75 Å². The Kier molecular flexibility index (Phi) is 5.94. The first-order chi connectivity index (χ1) is 14.2. The topological polar surface area (TPSA) is 55.6 Å². The molecule has 1 amide bonds. The summed E-state index contributed by atoms with van der Waals surface area (Å²) in [6, 6.07) is 18.0. The Bertz CT molecular complexity index is 934. The lowest BCUT2D eigenvalue weighted by Gasteiger charge is -2.31. The highest BCUT2D eigenvalue weighted by Gasteiger charge is 2.28. The second-order valence-electron chi connectivity index (χ2n) is 7.61. The molecule has 2 heterocycles. The fraction of sp³-hybridized carbons (Fsp3) is 0.333. The quantitative estimate of drug-likeness (QED) is 0.628. The Morgan fingerprint density at radius 3 is 2.76 bits per heavy atom. The third kappa shape index (κ3) is 5.05. The van der Waals surface area contributed by atoms with Gasteiger partial charge in [0.25, 0.3) is 5.91 Å². The monoisotopic (exact) mass is 390 g/mol. The molecule has 1 aliphatic heterocycles. The van der Waals surface area contributed by atoms with Gasteiger partial charge in [0.05, 0.1) is 12.1 Å². The zero-order chi connectivity index (χ0) is 20.1. The molecule has 0 radical (unpaired) electrons. The average molecular weight is 390 g/mol. The lowest BCUT2D eigenvalue weighted by atomic mass is 9.98. The number of aromatic nitrogens is 1. The van der Waals surface area contributed by atoms with Gasteiger partial charge in [0.2, 0.25) is 0 Å². The maximum Gasteiger partial charge on any atom is 0.260 e. The third-order valence-corrected chi connectivity index (χ3v) is 5.30. The van der Waals surface area contributed by atoms with Gasteiger partial charge in [-0.3, -0.25) is 4.79 Å². The van der Waals surface area contributed by atoms with Crippen LogP contribution in [0.3, 0.4) is 0 Å². The molecule has 29 heavy (non-hydrogen) atoms. The van der Waals surface area contributed by atoms with E-state index < -0.39 is 0 Å². The van der Waals surface area contributed by atoms with E-state index in [1.807, 2.05) is 60.5 Å². The van der Waals surface area contributed by atoms with Crippen molar-refractivity contribution in [3.63, 3.8) is 0 Å². The molecule has 1 aliphatic rings. The van der Waals surface area contributed by atoms with Crippen LogP contribution < -0.4 is 4.74 Å². The van der Waals surface area contributed by atoms with Crippen LogP contribution in [0.4, 0.5) is 0 Å². The van der Waals surface area contributed by atoms with Crippen LogP contribution in [0.15, 0.2) is 65.2 Å². The van der Waals surface area contributed by atoms with Gasteiger partial charge in [-0.2, -0.15) is 0 Å². The van der Waals surface area contributed by atoms with E-state index in [4.69, 9.17) is 9.15 Å². The molecule has 1 aromatic heterocycles. The molecule has 0 bridgehead atoms. The van der Waals surface area contributed by atoms with Crippen molar-refractivity contribution in [2.45, 2.75) is 32.1 Å². The molecule has 1 atom stereocenters. The van der Waals surface area contributed by atoms with E-state index in [1.165, 1.54) is 11.1 Å². The maximum atomic E-state index is 12.6. The zero-order valence-electron chi connectivity index (χ0n) is 16.7. The fourth-order valence-corrected chi connectivity index (χ4v) is 3.67. The number of benzene rings is 2. The highest BCUT2D eigenvalue weighted by Crippen LogP contribution is 2.27. The van der Waals surface area contributed by atoms with E-state index in [1.54, 1.807) is 0 Å². The summed E-state index contributed by atoms with van der Waals surface area (Å²) < 4.78 is 11.7. The molecule has 5 nitrogen and oxygen atoms in total. The molecule has 1 saturated heterocycles. The fourth-order valence-electron chi connectivity index (χ4n) is 3.67. The van der Waals surface area contributed by atoms with Gasteiger partial charge in [-0.05, 0) is 37.5 Å². The van der Waals surface area contributed by atoms with Gasteiger partial charge in [0.1, 0.15) is 11.5 Å². The van der Waals surface area contributed by atoms with Gasteiger partial charge in [0.15, 0.2) is 12.5 Å². The summed E-state index contributed by atoms with van der Waals surface area (Å²) in [7, 11) is 0. The number of piperidine rings is 1. The summed E-state index contributed by atoms with van der Waals surface area (Å²) in [5.41, 5.74) is 2.36. The van der Waals surface area contributed by atoms with Crippen molar-refractivity contribution < 1.29 is 13.9 Å². The summed E-state index contributed by atoms with van der Waals surface area (Å²) in [5, 5.41) is 0. The number of hydrogen-bond acceptors (Lipinski definition) is 4. The van der Waals surface area contributed by atoms with Crippen molar-refractivity contribution in [3.05, 3.63) is 83.6 Å². The Morgan fingerprint density at radius 1 is 1.17 bits per heavy atom. The van der Waals surface area contributed by atoms with Crippen molar-refractivity contribution in [1.29, 1.82) is 0 Å². The number of rotatable bonds is 6. The summed E-state index contributed by atoms with van der Waals surface area (Å²) in [6.07, 6.45) is 4.46. The molecule has 0 saturated carbocycles. The number of ether oxygens (including phenoxy) is 1. The molecule has 0 N–H and O–H groups in total. The minimum absolute atomic E-state index is 0.00587. The lowest BCUT2D eigenvalue weighted by molar-refractivity contribution is -0.134. The Balaban J connectivity index is 1.33. The predicted molar refractivity (Wildman–Crippen MR) is 111 cm³/mol. The van der Waals surface area contributed by atoms with Crippen molar-refractivity contribution in [1.82, 2.24) is 9.88 Å². The Hall–Kier alpha value is -3.08. The second kappa shape index (κ2) is 8.95. The van der Waals surface area contributed by atoms with Crippen molar-refractivity contribution in [2.75, 3.05) is 19.7 Å². The van der Waals surface area contributed by atoms with E-state index in [0.717, 1.165) is 43.2 Å². The first-order valence-electron chi connectivity index (χ1n) is 10.1. The van der Waals surface area contributed by atoms with Crippen molar-refractivity contribution >= 4 is 5.91 Å². The van der Waals surface area contributed by atoms with E-state index >= 15 is 0 Å².